The van der Waals surface area contributed by atoms with Gasteiger partial charge in [-0.3, -0.25) is 19.1 Å². The smallest absolute Gasteiger partial charge is 0.294 e. The highest BCUT2D eigenvalue weighted by molar-refractivity contribution is 5.86. The number of methoxy groups -OCH3 is 2. The van der Waals surface area contributed by atoms with Gasteiger partial charge in [0.05, 0.1) is 19.9 Å². The van der Waals surface area contributed by atoms with E-state index in [4.69, 9.17) is 20.2 Å². The van der Waals surface area contributed by atoms with Gasteiger partial charge in [-0.1, -0.05) is 12.1 Å². The normalized spacial score (nSPS) is 13.6. The summed E-state index contributed by atoms with van der Waals surface area (Å²) in [6.45, 7) is 6.44. The van der Waals surface area contributed by atoms with Crippen LogP contribution < -0.4 is 31.4 Å². The molecule has 0 spiro atoms. The summed E-state index contributed by atoms with van der Waals surface area (Å²) in [5.41, 5.74) is 11.4. The number of rotatable bonds is 10. The van der Waals surface area contributed by atoms with Crippen LogP contribution in [0, 0.1) is 20.8 Å². The summed E-state index contributed by atoms with van der Waals surface area (Å²) in [7, 11) is 3.22. The third-order valence-electron chi connectivity index (χ3n) is 7.80. The minimum absolute atomic E-state index is 0. The quantitative estimate of drug-likeness (QED) is 0.212. The van der Waals surface area contributed by atoms with Crippen LogP contribution in [-0.2, 0) is 17.8 Å². The molecule has 0 radical (unpaired) electrons. The number of carbonyl (C=O) groups is 1. The molecule has 248 valence electrons. The van der Waals surface area contributed by atoms with Crippen LogP contribution in [0.1, 0.15) is 57.8 Å². The summed E-state index contributed by atoms with van der Waals surface area (Å²) < 4.78 is 12.7. The summed E-state index contributed by atoms with van der Waals surface area (Å²) in [5.74, 6) is 1.42. The maximum atomic E-state index is 13.7. The standard InChI is InChI=1S/C32H37N7O4.3ClH/c1-18-12-19(2)37-26(13-18)25(24-9-8-23(42-4)14-28(24)43-5)17-35-30-32(41)39-22(16-34-30)7-10-27(39)31(40)36-15-21-6-11-29(33)38-20(21)3;;;/h6,8-9,11-14,16,25,27H,7,10,15,17H2,1-5H3,(H2,33,38)(H,34,35)(H,36,40);3*1H/t25-,27-;;;/m0.../s1. The number of ether oxygens (including phenoxy) is 2. The van der Waals surface area contributed by atoms with Gasteiger partial charge in [-0.2, -0.15) is 0 Å². The molecule has 4 aromatic rings. The molecule has 0 bridgehead atoms. The summed E-state index contributed by atoms with van der Waals surface area (Å²) in [4.78, 5) is 40.5. The largest absolute Gasteiger partial charge is 0.497 e. The number of nitrogens with one attached hydrogen (secondary N) is 2. The maximum Gasteiger partial charge on any atom is 0.294 e. The van der Waals surface area contributed by atoms with E-state index in [9.17, 15) is 9.59 Å². The zero-order valence-electron chi connectivity index (χ0n) is 26.3. The first-order chi connectivity index (χ1) is 20.7. The number of nitrogens with two attached hydrogens (primary N) is 1. The number of benzene rings is 1. The molecule has 0 fully saturated rings. The average Bonchev–Trinajstić information content (AvgIpc) is 3.42. The van der Waals surface area contributed by atoms with Gasteiger partial charge in [0.1, 0.15) is 23.4 Å². The average molecular weight is 693 g/mol. The third-order valence-corrected chi connectivity index (χ3v) is 7.80. The number of pyridine rings is 2. The molecule has 0 aliphatic carbocycles. The van der Waals surface area contributed by atoms with Crippen LogP contribution in [0.15, 0.2) is 53.5 Å². The van der Waals surface area contributed by atoms with Crippen molar-refractivity contribution in [2.75, 3.05) is 31.8 Å². The number of halogens is 3. The molecule has 11 nitrogen and oxygen atoms in total. The van der Waals surface area contributed by atoms with Gasteiger partial charge in [0, 0.05) is 53.9 Å². The lowest BCUT2D eigenvalue weighted by atomic mass is 9.93. The zero-order chi connectivity index (χ0) is 30.7. The van der Waals surface area contributed by atoms with Gasteiger partial charge < -0.3 is 25.8 Å². The summed E-state index contributed by atoms with van der Waals surface area (Å²) in [6.07, 6.45) is 2.77. The second-order valence-electron chi connectivity index (χ2n) is 10.8. The lowest BCUT2D eigenvalue weighted by molar-refractivity contribution is -0.124. The van der Waals surface area contributed by atoms with Gasteiger partial charge >= 0.3 is 0 Å². The number of nitrogen functional groups attached to an aromatic ring is 1. The minimum atomic E-state index is -0.633. The maximum absolute atomic E-state index is 13.7. The van der Waals surface area contributed by atoms with Crippen molar-refractivity contribution >= 4 is 54.8 Å². The Balaban J connectivity index is 0.00000245. The van der Waals surface area contributed by atoms with E-state index in [1.54, 1.807) is 31.0 Å². The zero-order valence-corrected chi connectivity index (χ0v) is 28.8. The molecule has 4 N–H and O–H groups in total. The number of carbonyl (C=O) groups excluding carboxylic acids is 1. The molecule has 1 aliphatic rings. The summed E-state index contributed by atoms with van der Waals surface area (Å²) >= 11 is 0. The number of aryl methyl sites for hydroxylation is 4. The van der Waals surface area contributed by atoms with Crippen LogP contribution in [0.5, 0.6) is 11.5 Å². The van der Waals surface area contributed by atoms with Crippen LogP contribution in [0.3, 0.4) is 0 Å². The SMILES string of the molecule is COc1ccc([C@H](CNc2ncc3n(c2=O)[C@H](C(=O)NCc2ccc(N)nc2C)CC3)c2cc(C)cc(C)n2)c(OC)c1.Cl.Cl.Cl. The summed E-state index contributed by atoms with van der Waals surface area (Å²) in [5, 5.41) is 6.23. The molecule has 5 rings (SSSR count). The third kappa shape index (κ3) is 8.20. The molecule has 4 heterocycles. The highest BCUT2D eigenvalue weighted by Gasteiger charge is 2.31. The van der Waals surface area contributed by atoms with Crippen molar-refractivity contribution in [1.82, 2.24) is 24.8 Å². The van der Waals surface area contributed by atoms with E-state index in [1.807, 2.05) is 57.2 Å². The van der Waals surface area contributed by atoms with Gasteiger partial charge in [0.15, 0.2) is 5.82 Å². The Morgan fingerprint density at radius 1 is 1.04 bits per heavy atom. The lowest BCUT2D eigenvalue weighted by Gasteiger charge is -2.22. The van der Waals surface area contributed by atoms with Crippen LogP contribution in [0.2, 0.25) is 0 Å². The fourth-order valence-corrected chi connectivity index (χ4v) is 5.64. The molecule has 1 amide bonds. The Kier molecular flexibility index (Phi) is 13.7. The predicted molar refractivity (Wildman–Crippen MR) is 186 cm³/mol. The second-order valence-corrected chi connectivity index (χ2v) is 10.8. The van der Waals surface area contributed by atoms with Crippen molar-refractivity contribution < 1.29 is 14.3 Å². The topological polar surface area (TPSA) is 146 Å². The van der Waals surface area contributed by atoms with E-state index in [-0.39, 0.29) is 60.4 Å². The molecular formula is C32H40Cl3N7O4. The van der Waals surface area contributed by atoms with E-state index in [2.05, 4.69) is 20.6 Å². The second kappa shape index (κ2) is 16.5. The lowest BCUT2D eigenvalue weighted by Crippen LogP contribution is -2.36. The van der Waals surface area contributed by atoms with Gasteiger partial charge in [0.25, 0.3) is 5.56 Å². The first kappa shape index (κ1) is 38.1. The molecule has 0 unspecified atom stereocenters. The molecule has 1 aromatic carbocycles. The number of nitrogens with zero attached hydrogens (tertiary/aromatic N) is 4. The number of fused-ring (bicyclic) bond motifs is 1. The van der Waals surface area contributed by atoms with Gasteiger partial charge in [-0.15, -0.1) is 37.2 Å². The molecule has 2 atom stereocenters. The molecular weight excluding hydrogens is 653 g/mol. The van der Waals surface area contributed by atoms with Crippen LogP contribution in [-0.4, -0.2) is 46.2 Å². The fraction of sp³-hybridized carbons (Fsp3) is 0.344. The minimum Gasteiger partial charge on any atom is -0.497 e. The highest BCUT2D eigenvalue weighted by Crippen LogP contribution is 2.34. The Morgan fingerprint density at radius 3 is 2.48 bits per heavy atom. The van der Waals surface area contributed by atoms with Crippen molar-refractivity contribution in [2.24, 2.45) is 0 Å². The molecule has 46 heavy (non-hydrogen) atoms. The molecule has 1 aliphatic heterocycles. The van der Waals surface area contributed by atoms with Crippen molar-refractivity contribution in [3.63, 3.8) is 0 Å². The van der Waals surface area contributed by atoms with E-state index >= 15 is 0 Å². The van der Waals surface area contributed by atoms with E-state index in [1.165, 1.54) is 0 Å². The predicted octanol–water partition coefficient (Wildman–Crippen LogP) is 4.87. The van der Waals surface area contributed by atoms with E-state index in [0.717, 1.165) is 39.5 Å². The highest BCUT2D eigenvalue weighted by atomic mass is 35.5. The molecule has 3 aromatic heterocycles. The van der Waals surface area contributed by atoms with Crippen LogP contribution in [0.4, 0.5) is 11.6 Å². The van der Waals surface area contributed by atoms with Crippen LogP contribution in [0.25, 0.3) is 0 Å². The van der Waals surface area contributed by atoms with Gasteiger partial charge in [0.2, 0.25) is 5.91 Å². The molecule has 14 heteroatoms. The Labute approximate surface area is 287 Å². The Hall–Kier alpha value is -4.06. The number of hydrogen-bond acceptors (Lipinski definition) is 9. The first-order valence-electron chi connectivity index (χ1n) is 14.2. The summed E-state index contributed by atoms with van der Waals surface area (Å²) in [6, 6.07) is 12.6. The number of amides is 1. The molecule has 0 saturated carbocycles. The van der Waals surface area contributed by atoms with Gasteiger partial charge in [-0.25, -0.2) is 9.97 Å². The monoisotopic (exact) mass is 691 g/mol. The number of aromatic nitrogens is 4. The fourth-order valence-electron chi connectivity index (χ4n) is 5.64. The van der Waals surface area contributed by atoms with Crippen molar-refractivity contribution in [1.29, 1.82) is 0 Å². The van der Waals surface area contributed by atoms with Crippen molar-refractivity contribution in [2.45, 2.75) is 52.1 Å². The Morgan fingerprint density at radius 2 is 1.80 bits per heavy atom. The number of anilines is 2. The van der Waals surface area contributed by atoms with E-state index < -0.39 is 6.04 Å². The number of hydrogen-bond donors (Lipinski definition) is 3. The van der Waals surface area contributed by atoms with Crippen molar-refractivity contribution in [3.8, 4) is 11.5 Å². The molecule has 0 saturated heterocycles. The van der Waals surface area contributed by atoms with E-state index in [0.29, 0.717) is 43.2 Å². The van der Waals surface area contributed by atoms with Crippen molar-refractivity contribution in [3.05, 3.63) is 98.5 Å². The van der Waals surface area contributed by atoms with Gasteiger partial charge in [-0.05, 0) is 69.0 Å². The first-order valence-corrected chi connectivity index (χ1v) is 14.2. The van der Waals surface area contributed by atoms with Crippen LogP contribution >= 0.6 is 37.2 Å². The Bertz CT molecular complexity index is 1710.